The first-order valence-corrected chi connectivity index (χ1v) is 6.19. The second-order valence-electron chi connectivity index (χ2n) is 4.23. The summed E-state index contributed by atoms with van der Waals surface area (Å²) in [7, 11) is 0. The molecule has 0 heterocycles. The summed E-state index contributed by atoms with van der Waals surface area (Å²) >= 11 is 8.13. The van der Waals surface area contributed by atoms with Gasteiger partial charge in [0.25, 0.3) is 0 Å². The Kier molecular flexibility index (Phi) is 4.43. The summed E-state index contributed by atoms with van der Waals surface area (Å²) in [6, 6.07) is 5.41. The fraction of sp³-hybridized carbons (Fsp3) is 0.364. The van der Waals surface area contributed by atoms with Crippen LogP contribution >= 0.6 is 34.2 Å². The van der Waals surface area contributed by atoms with Gasteiger partial charge in [-0.15, -0.1) is 0 Å². The first-order valence-electron chi connectivity index (χ1n) is 4.73. The summed E-state index contributed by atoms with van der Waals surface area (Å²) in [5, 5.41) is 3.13. The average molecular weight is 354 g/mol. The standard InChI is InChI=1S/C11H13ClINO2/c1-11(2,3)16-10(15)14-8-6-4-5-7(13)9(8)12/h4-6H,1-3H3,(H,14,15). The molecule has 1 aromatic carbocycles. The van der Waals surface area contributed by atoms with Gasteiger partial charge in [-0.3, -0.25) is 5.32 Å². The summed E-state index contributed by atoms with van der Waals surface area (Å²) < 4.78 is 6.01. The van der Waals surface area contributed by atoms with Gasteiger partial charge in [0, 0.05) is 3.57 Å². The highest BCUT2D eigenvalue weighted by atomic mass is 127. The molecule has 0 aromatic heterocycles. The van der Waals surface area contributed by atoms with Crippen molar-refractivity contribution in [3.05, 3.63) is 26.8 Å². The number of carbonyl (C=O) groups is 1. The van der Waals surface area contributed by atoms with Gasteiger partial charge in [-0.05, 0) is 55.5 Å². The zero-order chi connectivity index (χ0) is 12.3. The third-order valence-corrected chi connectivity index (χ3v) is 3.21. The molecule has 3 nitrogen and oxygen atoms in total. The average Bonchev–Trinajstić information content (AvgIpc) is 2.09. The number of hydrogen-bond donors (Lipinski definition) is 1. The lowest BCUT2D eigenvalue weighted by atomic mass is 10.2. The molecular formula is C11H13ClINO2. The van der Waals surface area contributed by atoms with Gasteiger partial charge in [-0.25, -0.2) is 4.79 Å². The lowest BCUT2D eigenvalue weighted by Gasteiger charge is -2.20. The van der Waals surface area contributed by atoms with Crippen LogP contribution < -0.4 is 5.32 Å². The van der Waals surface area contributed by atoms with E-state index in [9.17, 15) is 4.79 Å². The Labute approximate surface area is 114 Å². The molecule has 0 spiro atoms. The van der Waals surface area contributed by atoms with Crippen LogP contribution in [0, 0.1) is 3.57 Å². The monoisotopic (exact) mass is 353 g/mol. The van der Waals surface area contributed by atoms with Crippen molar-refractivity contribution < 1.29 is 9.53 Å². The van der Waals surface area contributed by atoms with E-state index in [1.54, 1.807) is 6.07 Å². The zero-order valence-electron chi connectivity index (χ0n) is 9.30. The number of nitrogens with one attached hydrogen (secondary N) is 1. The van der Waals surface area contributed by atoms with E-state index in [2.05, 4.69) is 27.9 Å². The summed E-state index contributed by atoms with van der Waals surface area (Å²) in [5.74, 6) is 0. The van der Waals surface area contributed by atoms with Gasteiger partial charge >= 0.3 is 6.09 Å². The summed E-state index contributed by atoms with van der Waals surface area (Å²) in [5.41, 5.74) is 0.0428. The minimum absolute atomic E-state index is 0.503. The number of ether oxygens (including phenoxy) is 1. The quantitative estimate of drug-likeness (QED) is 0.765. The molecule has 88 valence electrons. The van der Waals surface area contributed by atoms with Gasteiger partial charge in [-0.2, -0.15) is 0 Å². The summed E-state index contributed by atoms with van der Waals surface area (Å²) in [6.45, 7) is 5.43. The van der Waals surface area contributed by atoms with Crippen LogP contribution in [0.4, 0.5) is 10.5 Å². The Morgan fingerprint density at radius 2 is 2.06 bits per heavy atom. The number of hydrogen-bond acceptors (Lipinski definition) is 2. The molecule has 0 radical (unpaired) electrons. The molecule has 0 aliphatic rings. The lowest BCUT2D eigenvalue weighted by molar-refractivity contribution is 0.0636. The maximum atomic E-state index is 11.5. The van der Waals surface area contributed by atoms with E-state index in [4.69, 9.17) is 16.3 Å². The molecular weight excluding hydrogens is 340 g/mol. The number of anilines is 1. The first-order chi connectivity index (χ1) is 7.29. The van der Waals surface area contributed by atoms with Crippen molar-refractivity contribution in [3.63, 3.8) is 0 Å². The molecule has 0 unspecified atom stereocenters. The van der Waals surface area contributed by atoms with E-state index in [0.29, 0.717) is 10.7 Å². The fourth-order valence-electron chi connectivity index (χ4n) is 1.01. The topological polar surface area (TPSA) is 38.3 Å². The zero-order valence-corrected chi connectivity index (χ0v) is 12.2. The highest BCUT2D eigenvalue weighted by molar-refractivity contribution is 14.1. The largest absolute Gasteiger partial charge is 0.444 e. The van der Waals surface area contributed by atoms with Crippen molar-refractivity contribution >= 4 is 46.0 Å². The number of amides is 1. The Bertz CT molecular complexity index is 401. The van der Waals surface area contributed by atoms with Gasteiger partial charge < -0.3 is 4.74 Å². The molecule has 0 aliphatic carbocycles. The molecule has 16 heavy (non-hydrogen) atoms. The van der Waals surface area contributed by atoms with Gasteiger partial charge in [0.05, 0.1) is 10.7 Å². The van der Waals surface area contributed by atoms with E-state index >= 15 is 0 Å². The van der Waals surface area contributed by atoms with Crippen LogP contribution in [0.2, 0.25) is 5.02 Å². The van der Waals surface area contributed by atoms with Crippen molar-refractivity contribution in [2.45, 2.75) is 26.4 Å². The van der Waals surface area contributed by atoms with Crippen molar-refractivity contribution in [3.8, 4) is 0 Å². The molecule has 0 atom stereocenters. The van der Waals surface area contributed by atoms with Gasteiger partial charge in [0.15, 0.2) is 0 Å². The molecule has 0 aliphatic heterocycles. The maximum absolute atomic E-state index is 11.5. The predicted octanol–water partition coefficient (Wildman–Crippen LogP) is 4.29. The Hall–Kier alpha value is -0.490. The number of carbonyl (C=O) groups excluding carboxylic acids is 1. The van der Waals surface area contributed by atoms with Crippen LogP contribution in [0.25, 0.3) is 0 Å². The predicted molar refractivity (Wildman–Crippen MR) is 74.0 cm³/mol. The minimum Gasteiger partial charge on any atom is -0.444 e. The molecule has 0 fully saturated rings. The fourth-order valence-corrected chi connectivity index (χ4v) is 1.69. The third-order valence-electron chi connectivity index (χ3n) is 1.59. The minimum atomic E-state index is -0.515. The number of benzene rings is 1. The van der Waals surface area contributed by atoms with E-state index in [1.165, 1.54) is 0 Å². The van der Waals surface area contributed by atoms with Crippen LogP contribution in [0.3, 0.4) is 0 Å². The highest BCUT2D eigenvalue weighted by Crippen LogP contribution is 2.27. The van der Waals surface area contributed by atoms with Crippen molar-refractivity contribution in [1.82, 2.24) is 0 Å². The normalized spacial score (nSPS) is 11.1. The van der Waals surface area contributed by atoms with Crippen molar-refractivity contribution in [1.29, 1.82) is 0 Å². The van der Waals surface area contributed by atoms with Gasteiger partial charge in [0.2, 0.25) is 0 Å². The van der Waals surface area contributed by atoms with E-state index in [0.717, 1.165) is 3.57 Å². The summed E-state index contributed by atoms with van der Waals surface area (Å²) in [4.78, 5) is 11.5. The van der Waals surface area contributed by atoms with Gasteiger partial charge in [-0.1, -0.05) is 17.7 Å². The second kappa shape index (κ2) is 5.23. The molecule has 5 heteroatoms. The lowest BCUT2D eigenvalue weighted by Crippen LogP contribution is -2.27. The maximum Gasteiger partial charge on any atom is 0.412 e. The SMILES string of the molecule is CC(C)(C)OC(=O)Nc1cccc(I)c1Cl. The molecule has 0 saturated heterocycles. The molecule has 1 amide bonds. The smallest absolute Gasteiger partial charge is 0.412 e. The molecule has 1 rings (SSSR count). The van der Waals surface area contributed by atoms with Crippen LogP contribution in [-0.2, 0) is 4.74 Å². The Balaban J connectivity index is 2.74. The third kappa shape index (κ3) is 4.17. The second-order valence-corrected chi connectivity index (χ2v) is 5.77. The van der Waals surface area contributed by atoms with Crippen LogP contribution in [-0.4, -0.2) is 11.7 Å². The summed E-state index contributed by atoms with van der Waals surface area (Å²) in [6.07, 6.45) is -0.503. The molecule has 0 saturated carbocycles. The van der Waals surface area contributed by atoms with E-state index in [-0.39, 0.29) is 0 Å². The Morgan fingerprint density at radius 1 is 1.44 bits per heavy atom. The molecule has 0 bridgehead atoms. The highest BCUT2D eigenvalue weighted by Gasteiger charge is 2.17. The van der Waals surface area contributed by atoms with E-state index < -0.39 is 11.7 Å². The van der Waals surface area contributed by atoms with E-state index in [1.807, 2.05) is 32.9 Å². The first kappa shape index (κ1) is 13.6. The molecule has 1 N–H and O–H groups in total. The van der Waals surface area contributed by atoms with Gasteiger partial charge in [0.1, 0.15) is 5.60 Å². The van der Waals surface area contributed by atoms with Crippen molar-refractivity contribution in [2.24, 2.45) is 0 Å². The Morgan fingerprint density at radius 3 is 2.62 bits per heavy atom. The van der Waals surface area contributed by atoms with Crippen LogP contribution in [0.1, 0.15) is 20.8 Å². The molecule has 1 aromatic rings. The van der Waals surface area contributed by atoms with Crippen molar-refractivity contribution in [2.75, 3.05) is 5.32 Å². The van der Waals surface area contributed by atoms with Crippen LogP contribution in [0.5, 0.6) is 0 Å². The van der Waals surface area contributed by atoms with Crippen LogP contribution in [0.15, 0.2) is 18.2 Å². The number of rotatable bonds is 1. The number of halogens is 2.